The molecule has 46 valence electrons. The molecule has 0 atom stereocenters. The lowest BCUT2D eigenvalue weighted by atomic mass is 10.5. The Balaban J connectivity index is 2.39. The highest BCUT2D eigenvalue weighted by Gasteiger charge is 2.07. The zero-order valence-corrected chi connectivity index (χ0v) is 5.69. The van der Waals surface area contributed by atoms with E-state index in [1.165, 1.54) is 0 Å². The molecule has 0 aromatic carbocycles. The SMILES string of the molecule is [C]1CSc2nccn2C1. The first kappa shape index (κ1) is 5.35. The minimum atomic E-state index is 0.905. The molecule has 2 radical (unpaired) electrons. The van der Waals surface area contributed by atoms with Crippen molar-refractivity contribution >= 4 is 11.8 Å². The van der Waals surface area contributed by atoms with Crippen molar-refractivity contribution in [2.75, 3.05) is 5.75 Å². The number of hydrogen-bond acceptors (Lipinski definition) is 2. The van der Waals surface area contributed by atoms with Crippen molar-refractivity contribution in [3.63, 3.8) is 0 Å². The molecule has 9 heavy (non-hydrogen) atoms. The molecule has 0 amide bonds. The molecule has 3 heteroatoms. The number of aromatic nitrogens is 2. The van der Waals surface area contributed by atoms with Crippen molar-refractivity contribution in [2.45, 2.75) is 11.7 Å². The van der Waals surface area contributed by atoms with Gasteiger partial charge < -0.3 is 4.57 Å². The molecule has 1 aromatic rings. The largest absolute Gasteiger partial charge is 0.325 e. The zero-order chi connectivity index (χ0) is 6.10. The van der Waals surface area contributed by atoms with Crippen LogP contribution in [0, 0.1) is 6.42 Å². The fourth-order valence-corrected chi connectivity index (χ4v) is 1.59. The van der Waals surface area contributed by atoms with Crippen LogP contribution in [0.15, 0.2) is 17.6 Å². The number of imidazole rings is 1. The summed E-state index contributed by atoms with van der Waals surface area (Å²) in [6.07, 6.45) is 7.02. The summed E-state index contributed by atoms with van der Waals surface area (Å²) in [7, 11) is 0. The van der Waals surface area contributed by atoms with Crippen LogP contribution >= 0.6 is 11.8 Å². The summed E-state index contributed by atoms with van der Waals surface area (Å²) in [5, 5.41) is 1.12. The normalized spacial score (nSPS) is 17.3. The van der Waals surface area contributed by atoms with Crippen LogP contribution in [-0.4, -0.2) is 15.3 Å². The Kier molecular flexibility index (Phi) is 1.23. The van der Waals surface area contributed by atoms with Crippen LogP contribution in [0.2, 0.25) is 0 Å². The molecule has 0 bridgehead atoms. The summed E-state index contributed by atoms with van der Waals surface area (Å²) in [6, 6.07) is 0. The number of nitrogens with zero attached hydrogens (tertiary/aromatic N) is 2. The molecule has 1 aromatic heterocycles. The van der Waals surface area contributed by atoms with Gasteiger partial charge in [0.15, 0.2) is 5.16 Å². The van der Waals surface area contributed by atoms with Gasteiger partial charge >= 0.3 is 0 Å². The number of hydrogen-bond donors (Lipinski definition) is 0. The Labute approximate surface area is 58.3 Å². The van der Waals surface area contributed by atoms with Gasteiger partial charge in [0.25, 0.3) is 0 Å². The van der Waals surface area contributed by atoms with E-state index in [9.17, 15) is 0 Å². The van der Waals surface area contributed by atoms with E-state index in [-0.39, 0.29) is 0 Å². The van der Waals surface area contributed by atoms with Crippen molar-refractivity contribution in [2.24, 2.45) is 0 Å². The Morgan fingerprint density at radius 2 is 2.78 bits per heavy atom. The van der Waals surface area contributed by atoms with E-state index in [1.807, 2.05) is 12.4 Å². The molecule has 0 unspecified atom stereocenters. The molecule has 0 fully saturated rings. The van der Waals surface area contributed by atoms with Crippen LogP contribution in [-0.2, 0) is 6.54 Å². The fraction of sp³-hybridized carbons (Fsp3) is 0.333. The highest BCUT2D eigenvalue weighted by atomic mass is 32.2. The summed E-state index contributed by atoms with van der Waals surface area (Å²) < 4.78 is 2.09. The van der Waals surface area contributed by atoms with Gasteiger partial charge in [0.1, 0.15) is 0 Å². The molecular formula is C6H6N2S. The van der Waals surface area contributed by atoms with Gasteiger partial charge in [-0.2, -0.15) is 0 Å². The minimum Gasteiger partial charge on any atom is -0.325 e. The molecule has 1 aliphatic heterocycles. The van der Waals surface area contributed by atoms with Crippen LogP contribution in [0.25, 0.3) is 0 Å². The van der Waals surface area contributed by atoms with E-state index < -0.39 is 0 Å². The summed E-state index contributed by atoms with van der Waals surface area (Å²) in [4.78, 5) is 4.14. The molecule has 2 nitrogen and oxygen atoms in total. The van der Waals surface area contributed by atoms with Crippen molar-refractivity contribution < 1.29 is 0 Å². The molecule has 2 rings (SSSR count). The van der Waals surface area contributed by atoms with Crippen LogP contribution in [0.3, 0.4) is 0 Å². The minimum absolute atomic E-state index is 0.905. The summed E-state index contributed by atoms with van der Waals surface area (Å²) >= 11 is 1.74. The van der Waals surface area contributed by atoms with E-state index in [4.69, 9.17) is 0 Å². The van der Waals surface area contributed by atoms with E-state index in [2.05, 4.69) is 16.0 Å². The second-order valence-electron chi connectivity index (χ2n) is 1.88. The van der Waals surface area contributed by atoms with Gasteiger partial charge in [-0.25, -0.2) is 4.98 Å². The summed E-state index contributed by atoms with van der Waals surface area (Å²) in [6.45, 7) is 0.905. The predicted octanol–water partition coefficient (Wildman–Crippen LogP) is 1.07. The molecule has 2 heterocycles. The molecule has 0 saturated carbocycles. The maximum absolute atomic E-state index is 4.14. The first-order chi connectivity index (χ1) is 4.47. The van der Waals surface area contributed by atoms with Crippen LogP contribution < -0.4 is 0 Å². The second-order valence-corrected chi connectivity index (χ2v) is 2.82. The van der Waals surface area contributed by atoms with Crippen LogP contribution in [0.5, 0.6) is 0 Å². The topological polar surface area (TPSA) is 17.8 Å². The van der Waals surface area contributed by atoms with Crippen molar-refractivity contribution in [1.82, 2.24) is 9.55 Å². The first-order valence-corrected chi connectivity index (χ1v) is 3.80. The maximum atomic E-state index is 4.14. The average Bonchev–Trinajstić information content (AvgIpc) is 2.33. The Bertz CT molecular complexity index is 186. The maximum Gasteiger partial charge on any atom is 0.167 e. The third-order valence-electron chi connectivity index (χ3n) is 1.26. The third kappa shape index (κ3) is 0.852. The van der Waals surface area contributed by atoms with E-state index in [0.29, 0.717) is 0 Å². The Morgan fingerprint density at radius 3 is 3.67 bits per heavy atom. The highest BCUT2D eigenvalue weighted by Crippen LogP contribution is 2.20. The van der Waals surface area contributed by atoms with Crippen LogP contribution in [0.1, 0.15) is 0 Å². The highest BCUT2D eigenvalue weighted by molar-refractivity contribution is 7.99. The standard InChI is InChI=1S/C6H6N2S/c1-3-8-4-2-7-6(8)9-5-1/h2,4H,3,5H2. The third-order valence-corrected chi connectivity index (χ3v) is 2.21. The average molecular weight is 138 g/mol. The van der Waals surface area contributed by atoms with Crippen molar-refractivity contribution in [1.29, 1.82) is 0 Å². The molecule has 0 aliphatic carbocycles. The van der Waals surface area contributed by atoms with E-state index in [0.717, 1.165) is 17.5 Å². The lowest BCUT2D eigenvalue weighted by Crippen LogP contribution is -2.05. The second kappa shape index (κ2) is 2.06. The van der Waals surface area contributed by atoms with Gasteiger partial charge in [-0.1, -0.05) is 11.8 Å². The van der Waals surface area contributed by atoms with Gasteiger partial charge in [-0.05, 0) is 0 Å². The summed E-state index contributed by atoms with van der Waals surface area (Å²) in [5.74, 6) is 0.983. The number of thioether (sulfide) groups is 1. The summed E-state index contributed by atoms with van der Waals surface area (Å²) in [5.41, 5.74) is 0. The quantitative estimate of drug-likeness (QED) is 0.533. The van der Waals surface area contributed by atoms with Gasteiger partial charge in [-0.15, -0.1) is 0 Å². The monoisotopic (exact) mass is 138 g/mol. The molecule has 0 spiro atoms. The predicted molar refractivity (Wildman–Crippen MR) is 36.2 cm³/mol. The van der Waals surface area contributed by atoms with Crippen molar-refractivity contribution in [3.8, 4) is 0 Å². The Morgan fingerprint density at radius 1 is 1.78 bits per heavy atom. The van der Waals surface area contributed by atoms with Gasteiger partial charge in [0.2, 0.25) is 0 Å². The molecular weight excluding hydrogens is 132 g/mol. The van der Waals surface area contributed by atoms with Gasteiger partial charge in [-0.3, -0.25) is 0 Å². The van der Waals surface area contributed by atoms with E-state index >= 15 is 0 Å². The van der Waals surface area contributed by atoms with E-state index in [1.54, 1.807) is 11.8 Å². The number of fused-ring (bicyclic) bond motifs is 1. The molecule has 0 N–H and O–H groups in total. The Hall–Kier alpha value is -0.440. The lowest BCUT2D eigenvalue weighted by molar-refractivity contribution is 0.682. The molecule has 1 aliphatic rings. The smallest absolute Gasteiger partial charge is 0.167 e. The fourth-order valence-electron chi connectivity index (χ4n) is 0.838. The van der Waals surface area contributed by atoms with Gasteiger partial charge in [0.05, 0.1) is 0 Å². The molecule has 0 saturated heterocycles. The first-order valence-electron chi connectivity index (χ1n) is 2.81. The van der Waals surface area contributed by atoms with Crippen molar-refractivity contribution in [3.05, 3.63) is 18.8 Å². The van der Waals surface area contributed by atoms with Gasteiger partial charge in [0, 0.05) is 31.1 Å². The van der Waals surface area contributed by atoms with Crippen LogP contribution in [0.4, 0.5) is 0 Å². The lowest BCUT2D eigenvalue weighted by Gasteiger charge is -2.10. The zero-order valence-electron chi connectivity index (χ0n) is 4.87. The number of rotatable bonds is 0.